The second-order valence-electron chi connectivity index (χ2n) is 4.97. The summed E-state index contributed by atoms with van der Waals surface area (Å²) in [5.41, 5.74) is 1.35. The Labute approximate surface area is 133 Å². The molecule has 0 heterocycles. The van der Waals surface area contributed by atoms with Gasteiger partial charge < -0.3 is 9.47 Å². The molecule has 2 rings (SSSR count). The number of nitro groups is 1. The Morgan fingerprint density at radius 2 is 1.87 bits per heavy atom. The summed E-state index contributed by atoms with van der Waals surface area (Å²) in [6.07, 6.45) is 0.291. The third kappa shape index (κ3) is 4.29. The van der Waals surface area contributed by atoms with Crippen molar-refractivity contribution in [3.05, 3.63) is 52.6 Å². The van der Waals surface area contributed by atoms with Gasteiger partial charge in [-0.2, -0.15) is 0 Å². The molecule has 0 aliphatic carbocycles. The van der Waals surface area contributed by atoms with Crippen LogP contribution in [0.1, 0.15) is 13.3 Å². The first-order valence-electron chi connectivity index (χ1n) is 7.06. The number of methoxy groups -OCH3 is 1. The fraction of sp³-hybridized carbons (Fsp3) is 0.235. The van der Waals surface area contributed by atoms with Gasteiger partial charge in [-0.15, -0.1) is 0 Å². The number of hydrogen-bond acceptors (Lipinski definition) is 5. The molecular formula is C17H17NO5. The molecule has 0 bridgehead atoms. The molecule has 0 amide bonds. The molecule has 2 aromatic rings. The maximum atomic E-state index is 11.0. The smallest absolute Gasteiger partial charge is 0.270 e. The number of nitrogens with zero attached hydrogens (tertiary/aromatic N) is 1. The quantitative estimate of drug-likeness (QED) is 0.576. The van der Waals surface area contributed by atoms with Crippen LogP contribution in [0.3, 0.4) is 0 Å². The highest BCUT2D eigenvalue weighted by Crippen LogP contribution is 2.34. The highest BCUT2D eigenvalue weighted by molar-refractivity contribution is 5.76. The van der Waals surface area contributed by atoms with Crippen LogP contribution in [0, 0.1) is 10.1 Å². The van der Waals surface area contributed by atoms with Gasteiger partial charge in [0.2, 0.25) is 0 Å². The summed E-state index contributed by atoms with van der Waals surface area (Å²) in [6.45, 7) is 1.72. The lowest BCUT2D eigenvalue weighted by atomic mass is 10.0. The summed E-state index contributed by atoms with van der Waals surface area (Å²) in [5, 5.41) is 11.0. The minimum absolute atomic E-state index is 0.0188. The molecule has 6 nitrogen and oxygen atoms in total. The van der Waals surface area contributed by atoms with Gasteiger partial charge in [-0.1, -0.05) is 12.1 Å². The zero-order chi connectivity index (χ0) is 16.8. The molecule has 2 aromatic carbocycles. The lowest BCUT2D eigenvalue weighted by Crippen LogP contribution is -2.04. The zero-order valence-corrected chi connectivity index (χ0v) is 12.9. The maximum absolute atomic E-state index is 11.0. The van der Waals surface area contributed by atoms with E-state index in [9.17, 15) is 14.9 Å². The number of carbonyl (C=O) groups excluding carboxylic acids is 1. The Kier molecular flexibility index (Phi) is 5.30. The van der Waals surface area contributed by atoms with Crippen molar-refractivity contribution in [2.45, 2.75) is 13.3 Å². The molecule has 23 heavy (non-hydrogen) atoms. The lowest BCUT2D eigenvalue weighted by molar-refractivity contribution is -0.384. The molecule has 0 aliphatic heterocycles. The van der Waals surface area contributed by atoms with Gasteiger partial charge >= 0.3 is 0 Å². The second kappa shape index (κ2) is 7.40. The lowest BCUT2D eigenvalue weighted by Gasteiger charge is -2.11. The minimum Gasteiger partial charge on any atom is -0.497 e. The van der Waals surface area contributed by atoms with Crippen molar-refractivity contribution >= 4 is 11.5 Å². The van der Waals surface area contributed by atoms with Gasteiger partial charge in [0.25, 0.3) is 5.69 Å². The van der Waals surface area contributed by atoms with Gasteiger partial charge in [-0.3, -0.25) is 14.9 Å². The van der Waals surface area contributed by atoms with Crippen LogP contribution >= 0.6 is 0 Å². The molecule has 0 N–H and O–H groups in total. The van der Waals surface area contributed by atoms with Gasteiger partial charge in [0.1, 0.15) is 17.3 Å². The molecule has 0 saturated heterocycles. The Balaban J connectivity index is 2.36. The van der Waals surface area contributed by atoms with E-state index >= 15 is 0 Å². The van der Waals surface area contributed by atoms with E-state index in [0.29, 0.717) is 23.5 Å². The normalized spacial score (nSPS) is 10.2. The van der Waals surface area contributed by atoms with Crippen molar-refractivity contribution in [2.24, 2.45) is 0 Å². The number of hydrogen-bond donors (Lipinski definition) is 0. The molecule has 0 aliphatic rings. The third-order valence-electron chi connectivity index (χ3n) is 3.29. The van der Waals surface area contributed by atoms with Crippen molar-refractivity contribution in [1.82, 2.24) is 0 Å². The van der Waals surface area contributed by atoms with Crippen LogP contribution in [0.5, 0.6) is 11.5 Å². The molecule has 120 valence electrons. The fourth-order valence-corrected chi connectivity index (χ4v) is 2.06. The van der Waals surface area contributed by atoms with Crippen molar-refractivity contribution in [2.75, 3.05) is 13.7 Å². The van der Waals surface area contributed by atoms with Crippen LogP contribution in [-0.4, -0.2) is 24.4 Å². The van der Waals surface area contributed by atoms with E-state index in [1.165, 1.54) is 19.1 Å². The topological polar surface area (TPSA) is 78.7 Å². The molecule has 0 aromatic heterocycles. The van der Waals surface area contributed by atoms with E-state index in [-0.39, 0.29) is 18.1 Å². The molecular weight excluding hydrogens is 298 g/mol. The molecule has 0 atom stereocenters. The number of nitro benzene ring substituents is 1. The standard InChI is InChI=1S/C17H17NO5/c1-12(19)9-10-23-17-8-5-14(18(20)21)11-16(17)13-3-6-15(22-2)7-4-13/h3-8,11H,9-10H2,1-2H3. The first kappa shape index (κ1) is 16.5. The third-order valence-corrected chi connectivity index (χ3v) is 3.29. The van der Waals surface area contributed by atoms with Gasteiger partial charge in [0.15, 0.2) is 0 Å². The Morgan fingerprint density at radius 1 is 1.17 bits per heavy atom. The van der Waals surface area contributed by atoms with E-state index in [0.717, 1.165) is 5.56 Å². The summed E-state index contributed by atoms with van der Waals surface area (Å²) in [7, 11) is 1.57. The van der Waals surface area contributed by atoms with Gasteiger partial charge in [-0.25, -0.2) is 0 Å². The number of carbonyl (C=O) groups is 1. The second-order valence-corrected chi connectivity index (χ2v) is 4.97. The average Bonchev–Trinajstić information content (AvgIpc) is 2.54. The van der Waals surface area contributed by atoms with E-state index < -0.39 is 4.92 Å². The number of benzene rings is 2. The number of Topliss-reactive ketones (excluding diaryl/α,β-unsaturated/α-hetero) is 1. The monoisotopic (exact) mass is 315 g/mol. The Morgan fingerprint density at radius 3 is 2.43 bits per heavy atom. The van der Waals surface area contributed by atoms with E-state index in [4.69, 9.17) is 9.47 Å². The van der Waals surface area contributed by atoms with Crippen LogP contribution in [0.15, 0.2) is 42.5 Å². The van der Waals surface area contributed by atoms with Crippen LogP contribution < -0.4 is 9.47 Å². The van der Waals surface area contributed by atoms with Crippen molar-refractivity contribution in [3.8, 4) is 22.6 Å². The summed E-state index contributed by atoms with van der Waals surface area (Å²) in [5.74, 6) is 1.22. The van der Waals surface area contributed by atoms with Crippen LogP contribution in [0.2, 0.25) is 0 Å². The SMILES string of the molecule is COc1ccc(-c2cc([N+](=O)[O-])ccc2OCCC(C)=O)cc1. The molecule has 6 heteroatoms. The Bertz CT molecular complexity index is 709. The number of rotatable bonds is 7. The maximum Gasteiger partial charge on any atom is 0.270 e. The van der Waals surface area contributed by atoms with Crippen LogP contribution in [0.4, 0.5) is 5.69 Å². The van der Waals surface area contributed by atoms with Gasteiger partial charge in [0.05, 0.1) is 18.6 Å². The molecule has 0 unspecified atom stereocenters. The minimum atomic E-state index is -0.452. The van der Waals surface area contributed by atoms with E-state index in [1.54, 1.807) is 37.4 Å². The van der Waals surface area contributed by atoms with Crippen LogP contribution in [-0.2, 0) is 4.79 Å². The predicted octanol–water partition coefficient (Wildman–Crippen LogP) is 3.63. The number of non-ortho nitro benzene ring substituents is 1. The highest BCUT2D eigenvalue weighted by atomic mass is 16.6. The summed E-state index contributed by atoms with van der Waals surface area (Å²) in [6, 6.07) is 11.5. The molecule has 0 saturated carbocycles. The van der Waals surface area contributed by atoms with Gasteiger partial charge in [0, 0.05) is 24.1 Å². The van der Waals surface area contributed by atoms with E-state index in [2.05, 4.69) is 0 Å². The predicted molar refractivity (Wildman–Crippen MR) is 85.9 cm³/mol. The van der Waals surface area contributed by atoms with Gasteiger partial charge in [-0.05, 0) is 30.7 Å². The average molecular weight is 315 g/mol. The number of ketones is 1. The van der Waals surface area contributed by atoms with Crippen molar-refractivity contribution < 1.29 is 19.2 Å². The first-order chi connectivity index (χ1) is 11.0. The molecule has 0 fully saturated rings. The van der Waals surface area contributed by atoms with Crippen molar-refractivity contribution in [3.63, 3.8) is 0 Å². The summed E-state index contributed by atoms with van der Waals surface area (Å²) < 4.78 is 10.7. The zero-order valence-electron chi connectivity index (χ0n) is 12.9. The summed E-state index contributed by atoms with van der Waals surface area (Å²) in [4.78, 5) is 21.6. The molecule has 0 spiro atoms. The highest BCUT2D eigenvalue weighted by Gasteiger charge is 2.14. The largest absolute Gasteiger partial charge is 0.497 e. The van der Waals surface area contributed by atoms with E-state index in [1.807, 2.05) is 0 Å². The van der Waals surface area contributed by atoms with Crippen LogP contribution in [0.25, 0.3) is 11.1 Å². The molecule has 0 radical (unpaired) electrons. The number of ether oxygens (including phenoxy) is 2. The summed E-state index contributed by atoms with van der Waals surface area (Å²) >= 11 is 0. The Hall–Kier alpha value is -2.89. The van der Waals surface area contributed by atoms with Crippen molar-refractivity contribution in [1.29, 1.82) is 0 Å². The fourth-order valence-electron chi connectivity index (χ4n) is 2.06. The first-order valence-corrected chi connectivity index (χ1v) is 7.06.